The topological polar surface area (TPSA) is 52.7 Å². The molecule has 6 heteroatoms. The molecule has 0 spiro atoms. The third-order valence-corrected chi connectivity index (χ3v) is 6.56. The highest BCUT2D eigenvalue weighted by molar-refractivity contribution is 5.98. The zero-order chi connectivity index (χ0) is 18.1. The van der Waals surface area contributed by atoms with Gasteiger partial charge in [0.15, 0.2) is 0 Å². The standard InChI is InChI=1S/C21H29N3O2.ClH/c1-23(17-11-12-22-14-17)21(26)19-13-16-9-5-6-10-18(16)24(19)20(25)15-7-3-2-4-8-15;/h2-4,7-8,16-19,22H,5-6,9-14H2,1H3;1H. The molecule has 2 amide bonds. The number of rotatable bonds is 3. The molecule has 3 aliphatic rings. The van der Waals surface area contributed by atoms with E-state index in [9.17, 15) is 9.59 Å². The molecule has 1 aromatic carbocycles. The van der Waals surface area contributed by atoms with Crippen molar-refractivity contribution in [2.75, 3.05) is 20.1 Å². The first-order valence-corrected chi connectivity index (χ1v) is 10.0. The van der Waals surface area contributed by atoms with Crippen LogP contribution in [0.25, 0.3) is 0 Å². The van der Waals surface area contributed by atoms with Gasteiger partial charge in [-0.15, -0.1) is 12.4 Å². The smallest absolute Gasteiger partial charge is 0.254 e. The van der Waals surface area contributed by atoms with Gasteiger partial charge in [-0.05, 0) is 50.3 Å². The summed E-state index contributed by atoms with van der Waals surface area (Å²) in [6.45, 7) is 1.82. The third-order valence-electron chi connectivity index (χ3n) is 6.56. The van der Waals surface area contributed by atoms with Gasteiger partial charge < -0.3 is 15.1 Å². The van der Waals surface area contributed by atoms with Crippen LogP contribution in [0.1, 0.15) is 48.9 Å². The van der Waals surface area contributed by atoms with Gasteiger partial charge >= 0.3 is 0 Å². The number of hydrogen-bond acceptors (Lipinski definition) is 3. The number of benzene rings is 1. The zero-order valence-corrected chi connectivity index (χ0v) is 16.8. The normalized spacial score (nSPS) is 29.7. The van der Waals surface area contributed by atoms with Crippen LogP contribution in [0.4, 0.5) is 0 Å². The van der Waals surface area contributed by atoms with E-state index >= 15 is 0 Å². The van der Waals surface area contributed by atoms with Crippen molar-refractivity contribution in [3.63, 3.8) is 0 Å². The molecule has 2 saturated heterocycles. The number of carbonyl (C=O) groups is 2. The molecule has 3 fully saturated rings. The molecule has 1 N–H and O–H groups in total. The van der Waals surface area contributed by atoms with Gasteiger partial charge in [0.05, 0.1) is 0 Å². The van der Waals surface area contributed by atoms with Crippen LogP contribution in [-0.4, -0.2) is 59.9 Å². The lowest BCUT2D eigenvalue weighted by molar-refractivity contribution is -0.136. The van der Waals surface area contributed by atoms with Crippen LogP contribution >= 0.6 is 12.4 Å². The second-order valence-corrected chi connectivity index (χ2v) is 8.04. The molecule has 2 aliphatic heterocycles. The van der Waals surface area contributed by atoms with Crippen LogP contribution in [0.5, 0.6) is 0 Å². The molecule has 2 heterocycles. The van der Waals surface area contributed by atoms with Crippen molar-refractivity contribution in [2.45, 2.75) is 56.7 Å². The molecule has 27 heavy (non-hydrogen) atoms. The Balaban J connectivity index is 0.00000210. The molecular formula is C21H30ClN3O2. The summed E-state index contributed by atoms with van der Waals surface area (Å²) in [4.78, 5) is 30.5. The molecule has 4 unspecified atom stereocenters. The maximum Gasteiger partial charge on any atom is 0.254 e. The van der Waals surface area contributed by atoms with E-state index in [-0.39, 0.29) is 42.3 Å². The average Bonchev–Trinajstić information content (AvgIpc) is 3.35. The Labute approximate surface area is 167 Å². The number of halogens is 1. The van der Waals surface area contributed by atoms with Crippen molar-refractivity contribution in [1.82, 2.24) is 15.1 Å². The van der Waals surface area contributed by atoms with E-state index in [1.165, 1.54) is 6.42 Å². The van der Waals surface area contributed by atoms with Crippen LogP contribution in [0, 0.1) is 5.92 Å². The molecule has 5 nitrogen and oxygen atoms in total. The summed E-state index contributed by atoms with van der Waals surface area (Å²) in [5.41, 5.74) is 0.696. The van der Waals surface area contributed by atoms with Crippen molar-refractivity contribution in [3.05, 3.63) is 35.9 Å². The van der Waals surface area contributed by atoms with Gasteiger partial charge in [-0.25, -0.2) is 0 Å². The Hall–Kier alpha value is -1.59. The van der Waals surface area contributed by atoms with Crippen molar-refractivity contribution >= 4 is 24.2 Å². The van der Waals surface area contributed by atoms with Crippen molar-refractivity contribution < 1.29 is 9.59 Å². The first-order chi connectivity index (χ1) is 12.7. The fourth-order valence-electron chi connectivity index (χ4n) is 5.09. The van der Waals surface area contributed by atoms with Gasteiger partial charge in [0, 0.05) is 31.2 Å². The summed E-state index contributed by atoms with van der Waals surface area (Å²) in [7, 11) is 1.91. The second kappa shape index (κ2) is 8.61. The lowest BCUT2D eigenvalue weighted by atomic mass is 9.84. The average molecular weight is 392 g/mol. The molecule has 1 aliphatic carbocycles. The van der Waals surface area contributed by atoms with E-state index in [1.807, 2.05) is 47.2 Å². The van der Waals surface area contributed by atoms with Crippen molar-refractivity contribution in [3.8, 4) is 0 Å². The van der Waals surface area contributed by atoms with E-state index in [0.717, 1.165) is 45.2 Å². The molecular weight excluding hydrogens is 362 g/mol. The molecule has 0 bridgehead atoms. The van der Waals surface area contributed by atoms with Crippen LogP contribution in [-0.2, 0) is 4.79 Å². The number of amides is 2. The molecule has 0 aromatic heterocycles. The molecule has 1 saturated carbocycles. The van der Waals surface area contributed by atoms with Gasteiger partial charge in [0.1, 0.15) is 6.04 Å². The van der Waals surface area contributed by atoms with E-state index in [2.05, 4.69) is 5.32 Å². The third kappa shape index (κ3) is 3.85. The van der Waals surface area contributed by atoms with Crippen LogP contribution in [0.2, 0.25) is 0 Å². The lowest BCUT2D eigenvalue weighted by Crippen LogP contribution is -2.52. The maximum absolute atomic E-state index is 13.3. The molecule has 4 atom stereocenters. The Bertz CT molecular complexity index is 663. The number of hydrogen-bond donors (Lipinski definition) is 1. The monoisotopic (exact) mass is 391 g/mol. The van der Waals surface area contributed by atoms with Gasteiger partial charge in [-0.2, -0.15) is 0 Å². The Morgan fingerprint density at radius 3 is 2.56 bits per heavy atom. The largest absolute Gasteiger partial charge is 0.340 e. The highest BCUT2D eigenvalue weighted by atomic mass is 35.5. The predicted octanol–water partition coefficient (Wildman–Crippen LogP) is 2.70. The van der Waals surface area contributed by atoms with Gasteiger partial charge in [0.2, 0.25) is 5.91 Å². The zero-order valence-electron chi connectivity index (χ0n) is 16.0. The highest BCUT2D eigenvalue weighted by Crippen LogP contribution is 2.41. The minimum atomic E-state index is -0.304. The Morgan fingerprint density at radius 2 is 1.85 bits per heavy atom. The van der Waals surface area contributed by atoms with E-state index in [1.54, 1.807) is 0 Å². The number of fused-ring (bicyclic) bond motifs is 1. The molecule has 0 radical (unpaired) electrons. The number of likely N-dealkylation sites (N-methyl/N-ethyl adjacent to an activating group) is 1. The lowest BCUT2D eigenvalue weighted by Gasteiger charge is -2.35. The van der Waals surface area contributed by atoms with E-state index in [4.69, 9.17) is 0 Å². The number of nitrogens with one attached hydrogen (secondary N) is 1. The van der Waals surface area contributed by atoms with Gasteiger partial charge in [0.25, 0.3) is 5.91 Å². The summed E-state index contributed by atoms with van der Waals surface area (Å²) in [6, 6.07) is 9.62. The Kier molecular flexibility index (Phi) is 6.43. The van der Waals surface area contributed by atoms with Crippen LogP contribution in [0.15, 0.2) is 30.3 Å². The van der Waals surface area contributed by atoms with Crippen LogP contribution < -0.4 is 5.32 Å². The Morgan fingerprint density at radius 1 is 1.11 bits per heavy atom. The maximum atomic E-state index is 13.3. The fraction of sp³-hybridized carbons (Fsp3) is 0.619. The summed E-state index contributed by atoms with van der Waals surface area (Å²) >= 11 is 0. The summed E-state index contributed by atoms with van der Waals surface area (Å²) in [5, 5.41) is 3.33. The summed E-state index contributed by atoms with van der Waals surface area (Å²) in [5.74, 6) is 0.620. The first-order valence-electron chi connectivity index (χ1n) is 10.0. The summed E-state index contributed by atoms with van der Waals surface area (Å²) in [6.07, 6.45) is 6.37. The number of nitrogens with zero attached hydrogens (tertiary/aromatic N) is 2. The summed E-state index contributed by atoms with van der Waals surface area (Å²) < 4.78 is 0. The minimum absolute atomic E-state index is 0. The van der Waals surface area contributed by atoms with Crippen molar-refractivity contribution in [1.29, 1.82) is 0 Å². The highest BCUT2D eigenvalue weighted by Gasteiger charge is 2.48. The fourth-order valence-corrected chi connectivity index (χ4v) is 5.09. The predicted molar refractivity (Wildman–Crippen MR) is 108 cm³/mol. The number of likely N-dealkylation sites (tertiary alicyclic amines) is 1. The number of carbonyl (C=O) groups excluding carboxylic acids is 2. The quantitative estimate of drug-likeness (QED) is 0.861. The van der Waals surface area contributed by atoms with Crippen LogP contribution in [0.3, 0.4) is 0 Å². The van der Waals surface area contributed by atoms with Crippen molar-refractivity contribution in [2.24, 2.45) is 5.92 Å². The van der Waals surface area contributed by atoms with Gasteiger partial charge in [-0.1, -0.05) is 31.0 Å². The SMILES string of the molecule is CN(C(=O)C1CC2CCCCC2N1C(=O)c1ccccc1)C1CCNC1.Cl. The second-order valence-electron chi connectivity index (χ2n) is 8.04. The van der Waals surface area contributed by atoms with E-state index < -0.39 is 0 Å². The first kappa shape index (κ1) is 20.2. The van der Waals surface area contributed by atoms with Gasteiger partial charge in [-0.3, -0.25) is 9.59 Å². The minimum Gasteiger partial charge on any atom is -0.340 e. The molecule has 1 aromatic rings. The molecule has 148 valence electrons. The molecule has 4 rings (SSSR count). The van der Waals surface area contributed by atoms with E-state index in [0.29, 0.717) is 11.5 Å².